The molecule has 1 unspecified atom stereocenters. The van der Waals surface area contributed by atoms with Crippen LogP contribution in [0.1, 0.15) is 39.5 Å². The lowest BCUT2D eigenvalue weighted by atomic mass is 10.2. The Balaban J connectivity index is 2.23. The van der Waals surface area contributed by atoms with Crippen molar-refractivity contribution in [3.05, 3.63) is 24.3 Å². The van der Waals surface area contributed by atoms with Crippen LogP contribution < -0.4 is 15.8 Å². The summed E-state index contributed by atoms with van der Waals surface area (Å²) in [5, 5.41) is 3.27. The van der Waals surface area contributed by atoms with Crippen LogP contribution in [0.4, 0.5) is 5.69 Å². The molecule has 0 aliphatic rings. The van der Waals surface area contributed by atoms with Crippen LogP contribution in [0.3, 0.4) is 0 Å². The summed E-state index contributed by atoms with van der Waals surface area (Å²) in [5.74, 6) is 0.942. The summed E-state index contributed by atoms with van der Waals surface area (Å²) >= 11 is 0. The van der Waals surface area contributed by atoms with Crippen LogP contribution in [0.5, 0.6) is 5.75 Å². The Bertz CT molecular complexity index is 309. The van der Waals surface area contributed by atoms with E-state index in [1.54, 1.807) is 0 Å². The van der Waals surface area contributed by atoms with E-state index in [1.807, 2.05) is 31.2 Å². The van der Waals surface area contributed by atoms with Crippen LogP contribution in [0.15, 0.2) is 24.3 Å². The van der Waals surface area contributed by atoms with Gasteiger partial charge in [-0.25, -0.2) is 0 Å². The number of ether oxygens (including phenoxy) is 1. The average Bonchev–Trinajstić information content (AvgIpc) is 2.37. The van der Waals surface area contributed by atoms with Crippen molar-refractivity contribution < 1.29 is 4.74 Å². The maximum atomic E-state index is 5.69. The number of hydrogen-bond donors (Lipinski definition) is 2. The van der Waals surface area contributed by atoms with Gasteiger partial charge < -0.3 is 15.8 Å². The number of rotatable bonds is 9. The smallest absolute Gasteiger partial charge is 0.119 e. The molecule has 1 aromatic rings. The third-order valence-corrected chi connectivity index (χ3v) is 2.75. The van der Waals surface area contributed by atoms with Crippen LogP contribution in [-0.2, 0) is 0 Å². The Morgan fingerprint density at radius 3 is 2.50 bits per heavy atom. The molecule has 0 amide bonds. The summed E-state index contributed by atoms with van der Waals surface area (Å²) in [6.45, 7) is 5.80. The van der Waals surface area contributed by atoms with Gasteiger partial charge in [0, 0.05) is 18.3 Å². The van der Waals surface area contributed by atoms with Gasteiger partial charge in [-0.05, 0) is 37.6 Å². The zero-order valence-corrected chi connectivity index (χ0v) is 11.6. The lowest BCUT2D eigenvalue weighted by molar-refractivity contribution is 0.305. The lowest BCUT2D eigenvalue weighted by Crippen LogP contribution is -2.25. The maximum absolute atomic E-state index is 5.69. The molecule has 0 saturated heterocycles. The number of nitrogens with one attached hydrogen (secondary N) is 1. The summed E-state index contributed by atoms with van der Waals surface area (Å²) < 4.78 is 5.68. The summed E-state index contributed by atoms with van der Waals surface area (Å²) in [6.07, 6.45) is 4.95. The zero-order valence-electron chi connectivity index (χ0n) is 11.6. The fourth-order valence-electron chi connectivity index (χ4n) is 1.67. The second-order valence-corrected chi connectivity index (χ2v) is 4.79. The first-order chi connectivity index (χ1) is 8.72. The first kappa shape index (κ1) is 14.8. The standard InChI is InChI=1S/C15H26N2O/c1-3-4-5-6-11-18-15-9-7-14(8-10-15)17-12-13(2)16/h7-10,13,17H,3-6,11-12,16H2,1-2H3. The maximum Gasteiger partial charge on any atom is 0.119 e. The van der Waals surface area contributed by atoms with Gasteiger partial charge >= 0.3 is 0 Å². The number of anilines is 1. The Morgan fingerprint density at radius 2 is 1.89 bits per heavy atom. The van der Waals surface area contributed by atoms with Crippen molar-refractivity contribution in [2.75, 3.05) is 18.5 Å². The van der Waals surface area contributed by atoms with Crippen LogP contribution in [0, 0.1) is 0 Å². The highest BCUT2D eigenvalue weighted by molar-refractivity contribution is 5.46. The Hall–Kier alpha value is -1.22. The van der Waals surface area contributed by atoms with Gasteiger partial charge in [-0.1, -0.05) is 26.2 Å². The van der Waals surface area contributed by atoms with E-state index < -0.39 is 0 Å². The van der Waals surface area contributed by atoms with Crippen molar-refractivity contribution in [2.24, 2.45) is 5.73 Å². The van der Waals surface area contributed by atoms with Crippen molar-refractivity contribution in [3.8, 4) is 5.75 Å². The molecular weight excluding hydrogens is 224 g/mol. The summed E-state index contributed by atoms with van der Waals surface area (Å²) in [7, 11) is 0. The molecule has 0 aliphatic heterocycles. The number of unbranched alkanes of at least 4 members (excludes halogenated alkanes) is 3. The molecule has 0 bridgehead atoms. The Kier molecular flexibility index (Phi) is 7.26. The molecule has 0 heterocycles. The molecule has 1 aromatic carbocycles. The molecule has 18 heavy (non-hydrogen) atoms. The minimum Gasteiger partial charge on any atom is -0.494 e. The number of hydrogen-bond acceptors (Lipinski definition) is 3. The predicted octanol–water partition coefficient (Wildman–Crippen LogP) is 3.40. The second-order valence-electron chi connectivity index (χ2n) is 4.79. The van der Waals surface area contributed by atoms with Gasteiger partial charge in [0.2, 0.25) is 0 Å². The number of benzene rings is 1. The normalized spacial score (nSPS) is 12.2. The fraction of sp³-hybridized carbons (Fsp3) is 0.600. The van der Waals surface area contributed by atoms with E-state index >= 15 is 0 Å². The van der Waals surface area contributed by atoms with Gasteiger partial charge in [0.25, 0.3) is 0 Å². The van der Waals surface area contributed by atoms with Crippen LogP contribution in [-0.4, -0.2) is 19.2 Å². The van der Waals surface area contributed by atoms with Crippen LogP contribution in [0.25, 0.3) is 0 Å². The second kappa shape index (κ2) is 8.81. The molecule has 0 aromatic heterocycles. The third kappa shape index (κ3) is 6.50. The molecule has 0 aliphatic carbocycles. The highest BCUT2D eigenvalue weighted by atomic mass is 16.5. The van der Waals surface area contributed by atoms with Crippen molar-refractivity contribution in [1.29, 1.82) is 0 Å². The molecule has 1 atom stereocenters. The Labute approximate surface area is 111 Å². The predicted molar refractivity (Wildman–Crippen MR) is 78.2 cm³/mol. The molecule has 1 rings (SSSR count). The first-order valence-electron chi connectivity index (χ1n) is 6.94. The molecule has 0 spiro atoms. The zero-order chi connectivity index (χ0) is 13.2. The van der Waals surface area contributed by atoms with Crippen LogP contribution >= 0.6 is 0 Å². The highest BCUT2D eigenvalue weighted by Gasteiger charge is 1.97. The monoisotopic (exact) mass is 250 g/mol. The summed E-state index contributed by atoms with van der Waals surface area (Å²) in [4.78, 5) is 0. The molecule has 3 N–H and O–H groups in total. The average molecular weight is 250 g/mol. The molecule has 3 nitrogen and oxygen atoms in total. The molecular formula is C15H26N2O. The molecule has 3 heteroatoms. The van der Waals surface area contributed by atoms with Gasteiger partial charge in [-0.2, -0.15) is 0 Å². The van der Waals surface area contributed by atoms with E-state index in [0.29, 0.717) is 0 Å². The van der Waals surface area contributed by atoms with Gasteiger partial charge in [-0.15, -0.1) is 0 Å². The topological polar surface area (TPSA) is 47.3 Å². The lowest BCUT2D eigenvalue weighted by Gasteiger charge is -2.10. The van der Waals surface area contributed by atoms with E-state index in [1.165, 1.54) is 19.3 Å². The van der Waals surface area contributed by atoms with Crippen molar-refractivity contribution in [1.82, 2.24) is 0 Å². The van der Waals surface area contributed by atoms with E-state index in [4.69, 9.17) is 10.5 Å². The highest BCUT2D eigenvalue weighted by Crippen LogP contribution is 2.16. The van der Waals surface area contributed by atoms with Gasteiger partial charge in [0.1, 0.15) is 5.75 Å². The van der Waals surface area contributed by atoms with Gasteiger partial charge in [-0.3, -0.25) is 0 Å². The largest absolute Gasteiger partial charge is 0.494 e. The molecule has 0 fully saturated rings. The summed E-state index contributed by atoms with van der Waals surface area (Å²) in [6, 6.07) is 8.24. The quantitative estimate of drug-likeness (QED) is 0.660. The Morgan fingerprint density at radius 1 is 1.17 bits per heavy atom. The van der Waals surface area contributed by atoms with Crippen LogP contribution in [0.2, 0.25) is 0 Å². The molecule has 0 radical (unpaired) electrons. The van der Waals surface area contributed by atoms with E-state index in [2.05, 4.69) is 12.2 Å². The van der Waals surface area contributed by atoms with E-state index in [-0.39, 0.29) is 6.04 Å². The first-order valence-corrected chi connectivity index (χ1v) is 6.94. The van der Waals surface area contributed by atoms with Crippen molar-refractivity contribution >= 4 is 5.69 Å². The molecule has 0 saturated carbocycles. The van der Waals surface area contributed by atoms with Gasteiger partial charge in [0.05, 0.1) is 6.61 Å². The third-order valence-electron chi connectivity index (χ3n) is 2.75. The van der Waals surface area contributed by atoms with E-state index in [0.717, 1.165) is 31.0 Å². The van der Waals surface area contributed by atoms with Crippen molar-refractivity contribution in [3.63, 3.8) is 0 Å². The summed E-state index contributed by atoms with van der Waals surface area (Å²) in [5.41, 5.74) is 6.78. The molecule has 102 valence electrons. The van der Waals surface area contributed by atoms with Crippen molar-refractivity contribution in [2.45, 2.75) is 45.6 Å². The minimum atomic E-state index is 0.166. The van der Waals surface area contributed by atoms with E-state index in [9.17, 15) is 0 Å². The fourth-order valence-corrected chi connectivity index (χ4v) is 1.67. The van der Waals surface area contributed by atoms with Gasteiger partial charge in [0.15, 0.2) is 0 Å². The SMILES string of the molecule is CCCCCCOc1ccc(NCC(C)N)cc1. The minimum absolute atomic E-state index is 0.166. The number of nitrogens with two attached hydrogens (primary N) is 1.